The van der Waals surface area contributed by atoms with Gasteiger partial charge in [-0.2, -0.15) is 0 Å². The minimum Gasteiger partial charge on any atom is -0.476 e. The highest BCUT2D eigenvalue weighted by atomic mass is 32.2. The van der Waals surface area contributed by atoms with Crippen LogP contribution >= 0.6 is 34.9 Å². The van der Waals surface area contributed by atoms with E-state index >= 15 is 0 Å². The van der Waals surface area contributed by atoms with Gasteiger partial charge in [-0.15, -0.1) is 34.9 Å². The van der Waals surface area contributed by atoms with Crippen LogP contribution in [-0.4, -0.2) is 33.5 Å². The molecule has 2 aromatic rings. The molecule has 5 nitrogen and oxygen atoms in total. The maximum absolute atomic E-state index is 12.1. The molecule has 3 rings (SSSR count). The van der Waals surface area contributed by atoms with Crippen molar-refractivity contribution in [2.45, 2.75) is 11.1 Å². The summed E-state index contributed by atoms with van der Waals surface area (Å²) in [6.07, 6.45) is 0. The van der Waals surface area contributed by atoms with Gasteiger partial charge >= 0.3 is 5.97 Å². The third-order valence-corrected chi connectivity index (χ3v) is 7.19. The zero-order valence-corrected chi connectivity index (χ0v) is 14.5. The Morgan fingerprint density at radius 3 is 2.52 bits per heavy atom. The molecule has 0 unspecified atom stereocenters. The van der Waals surface area contributed by atoms with E-state index in [1.54, 1.807) is 0 Å². The van der Waals surface area contributed by atoms with Crippen LogP contribution in [0.1, 0.15) is 36.0 Å². The molecule has 1 amide bonds. The quantitative estimate of drug-likeness (QED) is 0.846. The summed E-state index contributed by atoms with van der Waals surface area (Å²) < 4.78 is 0.469. The summed E-state index contributed by atoms with van der Waals surface area (Å²) in [7, 11) is 0. The van der Waals surface area contributed by atoms with E-state index in [1.165, 1.54) is 33.8 Å². The van der Waals surface area contributed by atoms with Crippen molar-refractivity contribution in [2.75, 3.05) is 11.5 Å². The largest absolute Gasteiger partial charge is 0.476 e. The van der Waals surface area contributed by atoms with Gasteiger partial charge in [-0.05, 0) is 17.7 Å². The van der Waals surface area contributed by atoms with Crippen LogP contribution in [0.2, 0.25) is 0 Å². The molecular weight excluding hydrogens is 352 g/mol. The van der Waals surface area contributed by atoms with Gasteiger partial charge in [-0.1, -0.05) is 12.1 Å². The SMILES string of the molecule is O=C(NCc1nc(C(=O)O)cs1)c1ccc(C2SCCS2)cc1. The fourth-order valence-corrected chi connectivity index (χ4v) is 5.66. The van der Waals surface area contributed by atoms with Gasteiger partial charge in [0.15, 0.2) is 5.69 Å². The number of nitrogens with zero attached hydrogens (tertiary/aromatic N) is 1. The summed E-state index contributed by atoms with van der Waals surface area (Å²) in [5, 5.41) is 13.6. The topological polar surface area (TPSA) is 79.3 Å². The molecule has 1 aromatic carbocycles. The Bertz CT molecular complexity index is 709. The molecule has 0 radical (unpaired) electrons. The summed E-state index contributed by atoms with van der Waals surface area (Å²) in [5.41, 5.74) is 1.84. The lowest BCUT2D eigenvalue weighted by molar-refractivity contribution is 0.0691. The molecule has 1 fully saturated rings. The average Bonchev–Trinajstić information content (AvgIpc) is 3.24. The molecule has 120 valence electrons. The zero-order valence-electron chi connectivity index (χ0n) is 12.0. The molecular formula is C15H14N2O3S3. The average molecular weight is 366 g/mol. The number of carboxylic acids is 1. The maximum Gasteiger partial charge on any atom is 0.355 e. The number of rotatable bonds is 5. The van der Waals surface area contributed by atoms with Gasteiger partial charge in [-0.25, -0.2) is 9.78 Å². The number of thioether (sulfide) groups is 2. The van der Waals surface area contributed by atoms with Crippen LogP contribution in [0.3, 0.4) is 0 Å². The number of thiazole rings is 1. The van der Waals surface area contributed by atoms with E-state index < -0.39 is 5.97 Å². The first-order valence-corrected chi connectivity index (χ1v) is 9.90. The van der Waals surface area contributed by atoms with Gasteiger partial charge in [0.05, 0.1) is 11.1 Å². The molecule has 0 bridgehead atoms. The highest BCUT2D eigenvalue weighted by Gasteiger charge is 2.18. The predicted molar refractivity (Wildman–Crippen MR) is 94.3 cm³/mol. The molecule has 1 saturated heterocycles. The van der Waals surface area contributed by atoms with Gasteiger partial charge < -0.3 is 10.4 Å². The Labute approximate surface area is 145 Å². The Hall–Kier alpha value is -1.51. The van der Waals surface area contributed by atoms with E-state index in [1.807, 2.05) is 47.8 Å². The van der Waals surface area contributed by atoms with Crippen molar-refractivity contribution in [2.24, 2.45) is 0 Å². The number of carbonyl (C=O) groups is 2. The van der Waals surface area contributed by atoms with Crippen molar-refractivity contribution in [3.05, 3.63) is 51.5 Å². The molecule has 1 aromatic heterocycles. The highest BCUT2D eigenvalue weighted by Crippen LogP contribution is 2.45. The lowest BCUT2D eigenvalue weighted by Crippen LogP contribution is -2.22. The Balaban J connectivity index is 1.58. The van der Waals surface area contributed by atoms with Crippen molar-refractivity contribution >= 4 is 46.7 Å². The standard InChI is InChI=1S/C15H14N2O3S3/c18-13(16-7-12-17-11(8-23-12)14(19)20)9-1-3-10(4-2-9)15-21-5-6-22-15/h1-4,8,15H,5-7H2,(H,16,18)(H,19,20). The molecule has 1 aliphatic rings. The second-order valence-electron chi connectivity index (χ2n) is 4.81. The molecule has 0 aliphatic carbocycles. The second kappa shape index (κ2) is 7.37. The Kier molecular flexibility index (Phi) is 5.24. The van der Waals surface area contributed by atoms with Crippen molar-refractivity contribution in [3.8, 4) is 0 Å². The minimum atomic E-state index is -1.06. The summed E-state index contributed by atoms with van der Waals surface area (Å²) in [5.74, 6) is 1.10. The highest BCUT2D eigenvalue weighted by molar-refractivity contribution is 8.19. The Morgan fingerprint density at radius 1 is 1.22 bits per heavy atom. The third-order valence-electron chi connectivity index (χ3n) is 3.24. The third kappa shape index (κ3) is 4.07. The van der Waals surface area contributed by atoms with Gasteiger partial charge in [0.1, 0.15) is 5.01 Å². The van der Waals surface area contributed by atoms with Crippen molar-refractivity contribution in [1.29, 1.82) is 0 Å². The molecule has 0 atom stereocenters. The normalized spacial score (nSPS) is 14.8. The first-order valence-electron chi connectivity index (χ1n) is 6.92. The first-order chi connectivity index (χ1) is 11.1. The van der Waals surface area contributed by atoms with Gasteiger partial charge in [0.2, 0.25) is 0 Å². The molecule has 23 heavy (non-hydrogen) atoms. The van der Waals surface area contributed by atoms with E-state index in [0.29, 0.717) is 15.2 Å². The van der Waals surface area contributed by atoms with Gasteiger partial charge in [-0.3, -0.25) is 4.79 Å². The molecule has 0 saturated carbocycles. The van der Waals surface area contributed by atoms with Gasteiger partial charge in [0.25, 0.3) is 5.91 Å². The van der Waals surface area contributed by atoms with Crippen LogP contribution < -0.4 is 5.32 Å². The number of amides is 1. The fourth-order valence-electron chi connectivity index (χ4n) is 2.09. The summed E-state index contributed by atoms with van der Waals surface area (Å²) in [6, 6.07) is 7.65. The minimum absolute atomic E-state index is 0.00941. The molecule has 2 N–H and O–H groups in total. The number of carbonyl (C=O) groups excluding carboxylic acids is 1. The summed E-state index contributed by atoms with van der Waals surface area (Å²) >= 11 is 5.08. The van der Waals surface area contributed by atoms with Crippen molar-refractivity contribution < 1.29 is 14.7 Å². The number of benzene rings is 1. The Morgan fingerprint density at radius 2 is 1.91 bits per heavy atom. The van der Waals surface area contributed by atoms with E-state index in [9.17, 15) is 9.59 Å². The van der Waals surface area contributed by atoms with E-state index in [-0.39, 0.29) is 18.1 Å². The van der Waals surface area contributed by atoms with E-state index in [2.05, 4.69) is 10.3 Å². The van der Waals surface area contributed by atoms with Gasteiger partial charge in [0, 0.05) is 22.4 Å². The number of nitrogens with one attached hydrogen (secondary N) is 1. The van der Waals surface area contributed by atoms with Crippen LogP contribution in [0.4, 0.5) is 0 Å². The zero-order chi connectivity index (χ0) is 16.2. The van der Waals surface area contributed by atoms with Crippen LogP contribution in [0, 0.1) is 0 Å². The molecule has 8 heteroatoms. The van der Waals surface area contributed by atoms with Crippen molar-refractivity contribution in [3.63, 3.8) is 0 Å². The lowest BCUT2D eigenvalue weighted by atomic mass is 10.1. The summed E-state index contributed by atoms with van der Waals surface area (Å²) in [6.45, 7) is 0.229. The smallest absolute Gasteiger partial charge is 0.355 e. The van der Waals surface area contributed by atoms with E-state index in [4.69, 9.17) is 5.11 Å². The maximum atomic E-state index is 12.1. The van der Waals surface area contributed by atoms with Crippen LogP contribution in [0.5, 0.6) is 0 Å². The number of aromatic nitrogens is 1. The number of aromatic carboxylic acids is 1. The number of hydrogen-bond donors (Lipinski definition) is 2. The molecule has 1 aliphatic heterocycles. The van der Waals surface area contributed by atoms with Crippen molar-refractivity contribution in [1.82, 2.24) is 10.3 Å². The molecule has 0 spiro atoms. The fraction of sp³-hybridized carbons (Fsp3) is 0.267. The van der Waals surface area contributed by atoms with Crippen LogP contribution in [-0.2, 0) is 6.54 Å². The lowest BCUT2D eigenvalue weighted by Gasteiger charge is -2.09. The molecule has 2 heterocycles. The van der Waals surface area contributed by atoms with Crippen LogP contribution in [0.25, 0.3) is 0 Å². The van der Waals surface area contributed by atoms with Crippen LogP contribution in [0.15, 0.2) is 29.6 Å². The number of carboxylic acid groups (broad SMARTS) is 1. The summed E-state index contributed by atoms with van der Waals surface area (Å²) in [4.78, 5) is 26.8. The van der Waals surface area contributed by atoms with E-state index in [0.717, 1.165) is 0 Å². The number of hydrogen-bond acceptors (Lipinski definition) is 6. The first kappa shape index (κ1) is 16.4. The second-order valence-corrected chi connectivity index (χ2v) is 8.48. The predicted octanol–water partition coefficient (Wildman–Crippen LogP) is 3.25. The monoisotopic (exact) mass is 366 g/mol.